The molecular formula is C9H17N3O6. The van der Waals surface area contributed by atoms with Gasteiger partial charge in [-0.05, 0) is 6.42 Å². The Morgan fingerprint density at radius 1 is 1.50 bits per heavy atom. The standard InChI is InChI=1S/C9H17N3O6/c1-2-3-6(8(14)18-16)12-9(15)11-4-7(10)17-5-13/h5-7,16H,2-4,10H2,1H3,(H2,11,12,15)/t6-,7-/m0/s1. The maximum absolute atomic E-state index is 11.3. The van der Waals surface area contributed by atoms with Crippen molar-refractivity contribution in [1.29, 1.82) is 0 Å². The van der Waals surface area contributed by atoms with E-state index in [9.17, 15) is 14.4 Å². The first-order valence-electron chi connectivity index (χ1n) is 5.29. The van der Waals surface area contributed by atoms with Gasteiger partial charge in [0.05, 0.1) is 6.54 Å². The Labute approximate surface area is 104 Å². The largest absolute Gasteiger partial charge is 0.447 e. The molecule has 0 aliphatic rings. The molecule has 0 fully saturated rings. The van der Waals surface area contributed by atoms with E-state index in [0.717, 1.165) is 0 Å². The molecule has 9 heteroatoms. The molecule has 0 spiro atoms. The Morgan fingerprint density at radius 2 is 2.17 bits per heavy atom. The predicted molar refractivity (Wildman–Crippen MR) is 59.1 cm³/mol. The first-order valence-corrected chi connectivity index (χ1v) is 5.29. The molecule has 0 rings (SSSR count). The van der Waals surface area contributed by atoms with E-state index >= 15 is 0 Å². The van der Waals surface area contributed by atoms with E-state index in [1.54, 1.807) is 6.92 Å². The fourth-order valence-electron chi connectivity index (χ4n) is 1.12. The van der Waals surface area contributed by atoms with Gasteiger partial charge in [0, 0.05) is 0 Å². The third kappa shape index (κ3) is 6.66. The van der Waals surface area contributed by atoms with Crippen LogP contribution in [0.4, 0.5) is 4.79 Å². The van der Waals surface area contributed by atoms with Gasteiger partial charge in [-0.3, -0.25) is 15.4 Å². The summed E-state index contributed by atoms with van der Waals surface area (Å²) in [6.45, 7) is 1.84. The third-order valence-electron chi connectivity index (χ3n) is 1.95. The van der Waals surface area contributed by atoms with Gasteiger partial charge in [-0.15, -0.1) is 0 Å². The average molecular weight is 263 g/mol. The number of carbonyl (C=O) groups is 3. The van der Waals surface area contributed by atoms with Crippen LogP contribution in [0.1, 0.15) is 19.8 Å². The summed E-state index contributed by atoms with van der Waals surface area (Å²) in [5.74, 6) is -0.958. The van der Waals surface area contributed by atoms with Crippen LogP contribution in [-0.2, 0) is 19.2 Å². The van der Waals surface area contributed by atoms with Crippen LogP contribution in [-0.4, -0.2) is 42.5 Å². The summed E-state index contributed by atoms with van der Waals surface area (Å²) in [5.41, 5.74) is 5.28. The molecule has 18 heavy (non-hydrogen) atoms. The summed E-state index contributed by atoms with van der Waals surface area (Å²) >= 11 is 0. The summed E-state index contributed by atoms with van der Waals surface area (Å²) in [5, 5.41) is 12.8. The lowest BCUT2D eigenvalue weighted by molar-refractivity contribution is -0.236. The first kappa shape index (κ1) is 16.1. The second-order valence-corrected chi connectivity index (χ2v) is 3.38. The molecular weight excluding hydrogens is 246 g/mol. The van der Waals surface area contributed by atoms with Crippen LogP contribution < -0.4 is 16.4 Å². The number of urea groups is 1. The monoisotopic (exact) mass is 263 g/mol. The fraction of sp³-hybridized carbons (Fsp3) is 0.667. The Bertz CT molecular complexity index is 285. The van der Waals surface area contributed by atoms with E-state index in [-0.39, 0.29) is 13.0 Å². The van der Waals surface area contributed by atoms with Crippen LogP contribution in [0, 0.1) is 0 Å². The summed E-state index contributed by atoms with van der Waals surface area (Å²) in [4.78, 5) is 35.9. The smallest absolute Gasteiger partial charge is 0.364 e. The number of hydrogen-bond acceptors (Lipinski definition) is 7. The van der Waals surface area contributed by atoms with Gasteiger partial charge in [-0.1, -0.05) is 13.3 Å². The maximum Gasteiger partial charge on any atom is 0.364 e. The summed E-state index contributed by atoms with van der Waals surface area (Å²) in [7, 11) is 0. The van der Waals surface area contributed by atoms with Crippen molar-refractivity contribution >= 4 is 18.5 Å². The van der Waals surface area contributed by atoms with Gasteiger partial charge < -0.3 is 15.4 Å². The van der Waals surface area contributed by atoms with Crippen LogP contribution in [0.25, 0.3) is 0 Å². The highest BCUT2D eigenvalue weighted by molar-refractivity contribution is 5.83. The number of amides is 2. The fourth-order valence-corrected chi connectivity index (χ4v) is 1.12. The molecule has 0 aromatic heterocycles. The lowest BCUT2D eigenvalue weighted by Gasteiger charge is -2.16. The molecule has 0 saturated heterocycles. The minimum absolute atomic E-state index is 0.114. The molecule has 9 nitrogen and oxygen atoms in total. The lowest BCUT2D eigenvalue weighted by atomic mass is 10.2. The number of nitrogens with one attached hydrogen (secondary N) is 2. The van der Waals surface area contributed by atoms with Crippen molar-refractivity contribution in [2.45, 2.75) is 32.0 Å². The molecule has 0 aromatic rings. The van der Waals surface area contributed by atoms with Crippen molar-refractivity contribution in [3.05, 3.63) is 0 Å². The van der Waals surface area contributed by atoms with Crippen LogP contribution >= 0.6 is 0 Å². The van der Waals surface area contributed by atoms with Crippen LogP contribution in [0.5, 0.6) is 0 Å². The zero-order valence-corrected chi connectivity index (χ0v) is 9.92. The van der Waals surface area contributed by atoms with Crippen molar-refractivity contribution in [2.75, 3.05) is 6.54 Å². The van der Waals surface area contributed by atoms with Gasteiger partial charge in [0.25, 0.3) is 6.47 Å². The Balaban J connectivity index is 4.09. The van der Waals surface area contributed by atoms with Crippen LogP contribution in [0.15, 0.2) is 0 Å². The van der Waals surface area contributed by atoms with Crippen molar-refractivity contribution in [2.24, 2.45) is 5.73 Å². The van der Waals surface area contributed by atoms with E-state index < -0.39 is 24.3 Å². The third-order valence-corrected chi connectivity index (χ3v) is 1.95. The molecule has 0 aromatic carbocycles. The molecule has 0 saturated carbocycles. The van der Waals surface area contributed by atoms with E-state index in [2.05, 4.69) is 20.3 Å². The summed E-state index contributed by atoms with van der Waals surface area (Å²) < 4.78 is 4.34. The molecule has 2 atom stereocenters. The SMILES string of the molecule is CCC[C@H](NC(=O)NC[C@@H](N)OC=O)C(=O)OO. The highest BCUT2D eigenvalue weighted by Gasteiger charge is 2.21. The first-order chi connectivity index (χ1) is 8.54. The van der Waals surface area contributed by atoms with Crippen molar-refractivity contribution < 1.29 is 29.3 Å². The molecule has 5 N–H and O–H groups in total. The van der Waals surface area contributed by atoms with Crippen LogP contribution in [0.3, 0.4) is 0 Å². The number of ether oxygens (including phenoxy) is 1. The minimum atomic E-state index is -0.970. The predicted octanol–water partition coefficient (Wildman–Crippen LogP) is -1.07. The van der Waals surface area contributed by atoms with E-state index in [4.69, 9.17) is 11.0 Å². The number of rotatable bonds is 8. The Hall–Kier alpha value is -1.87. The van der Waals surface area contributed by atoms with Gasteiger partial charge in [0.15, 0.2) is 6.23 Å². The van der Waals surface area contributed by atoms with Gasteiger partial charge in [-0.25, -0.2) is 9.59 Å². The molecule has 0 heterocycles. The number of hydrogen-bond donors (Lipinski definition) is 4. The topological polar surface area (TPSA) is 140 Å². The highest BCUT2D eigenvalue weighted by Crippen LogP contribution is 1.98. The summed E-state index contributed by atoms with van der Waals surface area (Å²) in [6.07, 6.45) is -0.0555. The highest BCUT2D eigenvalue weighted by atomic mass is 17.1. The molecule has 0 aliphatic heterocycles. The lowest BCUT2D eigenvalue weighted by Crippen LogP contribution is -2.49. The molecule has 104 valence electrons. The van der Waals surface area contributed by atoms with Gasteiger partial charge in [0.1, 0.15) is 6.04 Å². The van der Waals surface area contributed by atoms with Crippen LogP contribution in [0.2, 0.25) is 0 Å². The van der Waals surface area contributed by atoms with Gasteiger partial charge in [0.2, 0.25) is 0 Å². The molecule has 0 radical (unpaired) electrons. The second-order valence-electron chi connectivity index (χ2n) is 3.38. The van der Waals surface area contributed by atoms with Gasteiger partial charge >= 0.3 is 12.0 Å². The zero-order valence-electron chi connectivity index (χ0n) is 9.92. The molecule has 0 aliphatic carbocycles. The van der Waals surface area contributed by atoms with E-state index in [1.165, 1.54) is 0 Å². The minimum Gasteiger partial charge on any atom is -0.447 e. The second kappa shape index (κ2) is 9.19. The quantitative estimate of drug-likeness (QED) is 0.189. The average Bonchev–Trinajstić information content (AvgIpc) is 2.35. The van der Waals surface area contributed by atoms with Crippen molar-refractivity contribution in [1.82, 2.24) is 10.6 Å². The van der Waals surface area contributed by atoms with Crippen molar-refractivity contribution in [3.63, 3.8) is 0 Å². The number of nitrogens with two attached hydrogens (primary N) is 1. The zero-order chi connectivity index (χ0) is 14.0. The van der Waals surface area contributed by atoms with E-state index in [0.29, 0.717) is 12.8 Å². The Kier molecular flexibility index (Phi) is 8.24. The summed E-state index contributed by atoms with van der Waals surface area (Å²) in [6, 6.07) is -1.65. The molecule has 0 unspecified atom stereocenters. The molecule has 2 amide bonds. The normalized spacial score (nSPS) is 13.1. The Morgan fingerprint density at radius 3 is 2.67 bits per heavy atom. The van der Waals surface area contributed by atoms with Crippen molar-refractivity contribution in [3.8, 4) is 0 Å². The molecule has 0 bridgehead atoms. The number of carbonyl (C=O) groups excluding carboxylic acids is 3. The maximum atomic E-state index is 11.3. The van der Waals surface area contributed by atoms with E-state index in [1.807, 2.05) is 0 Å². The van der Waals surface area contributed by atoms with Gasteiger partial charge in [-0.2, -0.15) is 5.26 Å².